The van der Waals surface area contributed by atoms with E-state index in [9.17, 15) is 0 Å². The summed E-state index contributed by atoms with van der Waals surface area (Å²) in [5.41, 5.74) is 83.2. The Hall–Kier alpha value is -10.6. The van der Waals surface area contributed by atoms with Crippen LogP contribution in [-0.2, 0) is 51.4 Å². The molecule has 0 fully saturated rings. The Morgan fingerprint density at radius 2 is 0.589 bits per heavy atom. The van der Waals surface area contributed by atoms with Gasteiger partial charge in [-0.25, -0.2) is 4.68 Å². The van der Waals surface area contributed by atoms with Crippen molar-refractivity contribution in [2.24, 2.45) is 93.8 Å². The van der Waals surface area contributed by atoms with E-state index in [2.05, 4.69) is 133 Å². The highest BCUT2D eigenvalue weighted by Crippen LogP contribution is 2.17. The Morgan fingerprint density at radius 1 is 0.356 bits per heavy atom. The lowest BCUT2D eigenvalue weighted by molar-refractivity contribution is 0.898. The van der Waals surface area contributed by atoms with Crippen LogP contribution in [0.4, 0.5) is 0 Å². The van der Waals surface area contributed by atoms with Crippen molar-refractivity contribution in [2.45, 2.75) is 64.7 Å². The summed E-state index contributed by atoms with van der Waals surface area (Å²) in [4.78, 5) is 20.4. The van der Waals surface area contributed by atoms with Gasteiger partial charge in [0, 0.05) is 96.5 Å². The number of hydrogen-bond acceptors (Lipinski definition) is 10. The Morgan fingerprint density at radius 3 is 0.778 bits per heavy atom. The van der Waals surface area contributed by atoms with E-state index in [1.54, 1.807) is 17.9 Å². The van der Waals surface area contributed by atoms with E-state index in [4.69, 9.17) is 68.8 Å². The molecular weight excluding hydrogens is 1120 g/mol. The second-order valence-corrected chi connectivity index (χ2v) is 20.6. The molecule has 7 rings (SSSR count). The lowest BCUT2D eigenvalue weighted by Crippen LogP contribution is -2.23. The highest BCUT2D eigenvalue weighted by molar-refractivity contribution is 5.83. The first-order valence-electron chi connectivity index (χ1n) is 29.8. The van der Waals surface area contributed by atoms with Crippen molar-refractivity contribution in [2.75, 3.05) is 59.4 Å². The van der Waals surface area contributed by atoms with E-state index in [1.165, 1.54) is 22.3 Å². The summed E-state index contributed by atoms with van der Waals surface area (Å²) in [6.45, 7) is 6.46. The van der Waals surface area contributed by atoms with Gasteiger partial charge >= 0.3 is 0 Å². The van der Waals surface area contributed by atoms with Gasteiger partial charge in [-0.05, 0) is 225 Å². The Bertz CT molecular complexity index is 3460. The van der Waals surface area contributed by atoms with Crippen LogP contribution in [0.15, 0.2) is 165 Å². The Labute approximate surface area is 531 Å². The molecule has 24 N–H and O–H groups in total. The van der Waals surface area contributed by atoms with E-state index in [0.29, 0.717) is 78.0 Å². The molecule has 1 aromatic heterocycles. The normalized spacial score (nSPS) is 10.3. The zero-order valence-corrected chi connectivity index (χ0v) is 51.9. The number of guanidine groups is 4. The number of benzene rings is 6. The summed E-state index contributed by atoms with van der Waals surface area (Å²) in [6.07, 6.45) is 10.6. The van der Waals surface area contributed by atoms with E-state index in [-0.39, 0.29) is 23.8 Å². The van der Waals surface area contributed by atoms with Crippen LogP contribution in [0.1, 0.15) is 102 Å². The first-order chi connectivity index (χ1) is 43.6. The van der Waals surface area contributed by atoms with E-state index in [1.807, 2.05) is 85.1 Å². The van der Waals surface area contributed by atoms with Crippen LogP contribution in [0, 0.1) is 47.4 Å². The third-order valence-corrected chi connectivity index (χ3v) is 13.2. The molecular formula is C71H87N19. The average Bonchev–Trinajstić information content (AvgIpc) is 2.44. The molecule has 7 aromatic rings. The van der Waals surface area contributed by atoms with Crippen LogP contribution in [0.25, 0.3) is 0 Å². The van der Waals surface area contributed by atoms with Crippen molar-refractivity contribution < 1.29 is 0 Å². The molecule has 0 amide bonds. The molecule has 0 saturated heterocycles. The third-order valence-electron chi connectivity index (χ3n) is 13.2. The van der Waals surface area contributed by atoms with Gasteiger partial charge in [0.2, 0.25) is 0 Å². The summed E-state index contributed by atoms with van der Waals surface area (Å²) in [6, 6.07) is 42.8. The predicted molar refractivity (Wildman–Crippen MR) is 372 cm³/mol. The van der Waals surface area contributed by atoms with Gasteiger partial charge in [-0.1, -0.05) is 78.6 Å². The summed E-state index contributed by atoms with van der Waals surface area (Å²) in [5, 5.41) is 4.04. The molecule has 6 aromatic carbocycles. The van der Waals surface area contributed by atoms with Crippen molar-refractivity contribution in [3.63, 3.8) is 0 Å². The fourth-order valence-electron chi connectivity index (χ4n) is 9.11. The lowest BCUT2D eigenvalue weighted by atomic mass is 10.0. The molecule has 0 unspecified atom stereocenters. The number of nitrogens with two attached hydrogens (primary N) is 12. The summed E-state index contributed by atoms with van der Waals surface area (Å²) in [5.74, 6) is 27.4. The van der Waals surface area contributed by atoms with Crippen LogP contribution in [-0.4, -0.2) is 98.9 Å². The van der Waals surface area contributed by atoms with Crippen LogP contribution < -0.4 is 68.8 Å². The highest BCUT2D eigenvalue weighted by Gasteiger charge is 2.06. The first kappa shape index (κ1) is 70.1. The number of rotatable bonds is 21. The van der Waals surface area contributed by atoms with Gasteiger partial charge in [0.05, 0.1) is 0 Å². The van der Waals surface area contributed by atoms with Crippen molar-refractivity contribution in [1.82, 2.24) is 9.78 Å². The van der Waals surface area contributed by atoms with Gasteiger partial charge in [-0.15, -0.1) is 0 Å². The van der Waals surface area contributed by atoms with Gasteiger partial charge in [0.15, 0.2) is 23.8 Å². The van der Waals surface area contributed by atoms with Crippen LogP contribution in [0.2, 0.25) is 0 Å². The van der Waals surface area contributed by atoms with Crippen LogP contribution in [0.3, 0.4) is 0 Å². The first-order valence-corrected chi connectivity index (χ1v) is 29.8. The van der Waals surface area contributed by atoms with Crippen molar-refractivity contribution in [3.05, 3.63) is 229 Å². The lowest BCUT2D eigenvalue weighted by Gasteiger charge is -2.06. The van der Waals surface area contributed by atoms with E-state index >= 15 is 0 Å². The third kappa shape index (κ3) is 27.4. The van der Waals surface area contributed by atoms with Gasteiger partial charge in [-0.3, -0.25) is 25.0 Å². The van der Waals surface area contributed by atoms with Crippen molar-refractivity contribution >= 4 is 29.7 Å². The van der Waals surface area contributed by atoms with Gasteiger partial charge in [0.25, 0.3) is 0 Å². The molecule has 90 heavy (non-hydrogen) atoms. The molecule has 0 atom stereocenters. The van der Waals surface area contributed by atoms with Crippen molar-refractivity contribution in [3.8, 4) is 47.4 Å². The maximum absolute atomic E-state index is 5.74. The molecule has 0 bridgehead atoms. The molecule has 0 aliphatic heterocycles. The molecule has 1 heterocycles. The molecule has 19 heteroatoms. The number of nitrogens with zero attached hydrogens (tertiary/aromatic N) is 7. The van der Waals surface area contributed by atoms with E-state index in [0.717, 1.165) is 105 Å². The molecule has 0 radical (unpaired) electrons. The topological polar surface area (TPSA) is 392 Å². The number of aliphatic imine (C=N–C) groups is 5. The fraction of sp³-hybridized carbons (Fsp3) is 0.268. The second kappa shape index (κ2) is 39.2. The maximum atomic E-state index is 5.74. The van der Waals surface area contributed by atoms with Crippen LogP contribution >= 0.6 is 0 Å². The van der Waals surface area contributed by atoms with Crippen molar-refractivity contribution in [1.29, 1.82) is 0 Å². The minimum atomic E-state index is 0.0642. The Balaban J connectivity index is 0.000000291. The smallest absolute Gasteiger partial charge is 0.185 e. The molecule has 0 aliphatic rings. The second-order valence-electron chi connectivity index (χ2n) is 20.6. The number of aromatic nitrogens is 2. The average molecular weight is 1210 g/mol. The largest absolute Gasteiger partial charge is 0.370 e. The van der Waals surface area contributed by atoms with Crippen LogP contribution in [0.5, 0.6) is 0 Å². The van der Waals surface area contributed by atoms with Gasteiger partial charge in [-0.2, -0.15) is 5.10 Å². The molecule has 466 valence electrons. The minimum Gasteiger partial charge on any atom is -0.370 e. The van der Waals surface area contributed by atoms with Gasteiger partial charge in [0.1, 0.15) is 5.84 Å². The quantitative estimate of drug-likeness (QED) is 0.0279. The zero-order chi connectivity index (χ0) is 64.9. The molecule has 19 nitrogen and oxygen atoms in total. The highest BCUT2D eigenvalue weighted by atomic mass is 15.3. The number of hydrogen-bond donors (Lipinski definition) is 12. The molecule has 0 spiro atoms. The predicted octanol–water partition coefficient (Wildman–Crippen LogP) is 3.41. The summed E-state index contributed by atoms with van der Waals surface area (Å²) < 4.78 is 1.78. The minimum absolute atomic E-state index is 0.0642. The monoisotopic (exact) mass is 1210 g/mol. The van der Waals surface area contributed by atoms with E-state index < -0.39 is 0 Å². The fourth-order valence-corrected chi connectivity index (χ4v) is 9.11. The SMILES string of the molecule is CCC(=NC)n1cccn1.NC(N)=NCCc1cc(C#Cc2ccc(C#Cc3cc(CCN=C(N)N)cc(CCN=C(N)N)c3)cc2)cc(CCN=C(N)N)c1.NCCc1cc(C#Cc2ccc(C#Cc3cc(CCN)cc(CCN)c3)cc2)cc(CCN)c1. The standard InChI is InChI=1S/C34H42N12.C30H34N4.C7H11N3/c35-31(36)43-13-9-27-17-25(18-28(21-27)10-14-44-32(37)38)7-5-23-1-2-24(4-3-23)6-8-26-19-29(11-15-45-33(39)40)22-30(20-26)12-16-46-34(41)42;31-13-9-27-17-25(18-28(21-27)10-14-32)7-5-23-1-2-24(4-3-23)6-8-26-19-29(11-15-33)22-30(20-26)12-16-34;1-3-7(8-2)10-6-4-5-9-10/h1-4,17-22H,9-16H2,(H4,35,36,43)(H4,37,38,44)(H4,39,40,45)(H4,41,42,46);1-4,17-22H,9-16,31-34H2;4-6H,3H2,1-2H3. The molecule has 0 saturated carbocycles. The molecule has 0 aliphatic carbocycles. The summed E-state index contributed by atoms with van der Waals surface area (Å²) in [7, 11) is 1.78. The Kier molecular flexibility index (Phi) is 30.6. The zero-order valence-electron chi connectivity index (χ0n) is 51.9. The summed E-state index contributed by atoms with van der Waals surface area (Å²) >= 11 is 0. The maximum Gasteiger partial charge on any atom is 0.185 e. The van der Waals surface area contributed by atoms with Gasteiger partial charge < -0.3 is 68.8 Å².